The number of aromatic nitrogens is 2. The minimum absolute atomic E-state index is 0. The molecule has 0 fully saturated rings. The van der Waals surface area contributed by atoms with E-state index in [1.807, 2.05) is 77.7 Å². The van der Waals surface area contributed by atoms with E-state index < -0.39 is 0 Å². The van der Waals surface area contributed by atoms with E-state index in [1.54, 1.807) is 0 Å². The molecule has 0 spiro atoms. The number of nitrogens with zero attached hydrogens (tertiary/aromatic N) is 4. The van der Waals surface area contributed by atoms with Crippen molar-refractivity contribution in [1.29, 1.82) is 0 Å². The summed E-state index contributed by atoms with van der Waals surface area (Å²) in [5.74, 6) is 2.13. The smallest absolute Gasteiger partial charge is 0.135 e. The summed E-state index contributed by atoms with van der Waals surface area (Å²) in [6, 6.07) is 34.6. The summed E-state index contributed by atoms with van der Waals surface area (Å²) < 4.78 is 11.2. The molecule has 4 heterocycles. The predicted molar refractivity (Wildman–Crippen MR) is 178 cm³/mol. The number of ether oxygens (including phenoxy) is 1. The summed E-state index contributed by atoms with van der Waals surface area (Å²) in [5, 5.41) is 4.78. The van der Waals surface area contributed by atoms with Crippen LogP contribution in [-0.2, 0) is 26.5 Å². The van der Waals surface area contributed by atoms with Crippen LogP contribution >= 0.6 is 11.3 Å². The first-order valence-corrected chi connectivity index (χ1v) is 15.2. The van der Waals surface area contributed by atoms with Gasteiger partial charge in [0.15, 0.2) is 0 Å². The van der Waals surface area contributed by atoms with Gasteiger partial charge in [-0.05, 0) is 60.1 Å². The molecule has 0 unspecified atom stereocenters. The molecule has 0 N–H and O–H groups in total. The molecule has 1 aliphatic rings. The zero-order valence-electron chi connectivity index (χ0n) is 24.7. The topological polar surface area (TPSA) is 33.5 Å². The normalized spacial score (nSPS) is 13.5. The second kappa shape index (κ2) is 10.8. The van der Waals surface area contributed by atoms with Crippen LogP contribution in [0.1, 0.15) is 26.3 Å². The molecule has 8 rings (SSSR count). The molecule has 3 aromatic heterocycles. The van der Waals surface area contributed by atoms with E-state index >= 15 is 0 Å². The third-order valence-corrected chi connectivity index (χ3v) is 9.15. The number of hydrogen-bond acceptors (Lipinski definition) is 5. The average Bonchev–Trinajstić information content (AvgIpc) is 3.70. The van der Waals surface area contributed by atoms with E-state index in [0.29, 0.717) is 11.5 Å². The minimum Gasteiger partial charge on any atom is -0.510 e. The van der Waals surface area contributed by atoms with Gasteiger partial charge in [0, 0.05) is 58.9 Å². The largest absolute Gasteiger partial charge is 0.510 e. The van der Waals surface area contributed by atoms with Gasteiger partial charge in [-0.15, -0.1) is 52.7 Å². The van der Waals surface area contributed by atoms with Gasteiger partial charge in [0.2, 0.25) is 0 Å². The van der Waals surface area contributed by atoms with Gasteiger partial charge < -0.3 is 19.1 Å². The van der Waals surface area contributed by atoms with Crippen LogP contribution in [0.25, 0.3) is 47.8 Å². The molecule has 0 saturated carbocycles. The van der Waals surface area contributed by atoms with Crippen molar-refractivity contribution >= 4 is 59.0 Å². The Bertz CT molecular complexity index is 2220. The van der Waals surface area contributed by atoms with E-state index in [0.717, 1.165) is 27.9 Å². The van der Waals surface area contributed by atoms with Crippen molar-refractivity contribution in [3.63, 3.8) is 0 Å². The van der Waals surface area contributed by atoms with Crippen LogP contribution in [0.4, 0.5) is 5.69 Å². The maximum absolute atomic E-state index is 6.40. The van der Waals surface area contributed by atoms with Gasteiger partial charge in [0.25, 0.3) is 0 Å². The van der Waals surface area contributed by atoms with Crippen LogP contribution in [0.15, 0.2) is 97.5 Å². The van der Waals surface area contributed by atoms with Gasteiger partial charge >= 0.3 is 0 Å². The Balaban J connectivity index is 0.00000312. The Hall–Kier alpha value is -4.12. The van der Waals surface area contributed by atoms with Crippen LogP contribution in [0, 0.1) is 18.8 Å². The number of anilines is 1. The second-order valence-electron chi connectivity index (χ2n) is 12.0. The van der Waals surface area contributed by atoms with Crippen LogP contribution in [-0.4, -0.2) is 21.5 Å². The Labute approximate surface area is 275 Å². The molecular formula is C37H29N4OPtS-3. The second-order valence-corrected chi connectivity index (χ2v) is 13.1. The first kappa shape index (κ1) is 28.6. The monoisotopic (exact) mass is 772 g/mol. The Morgan fingerprint density at radius 3 is 2.45 bits per heavy atom. The van der Waals surface area contributed by atoms with E-state index in [4.69, 9.17) is 9.72 Å². The number of thiophene rings is 1. The zero-order valence-corrected chi connectivity index (χ0v) is 27.8. The van der Waals surface area contributed by atoms with Gasteiger partial charge in [-0.1, -0.05) is 50.6 Å². The molecule has 0 aliphatic carbocycles. The summed E-state index contributed by atoms with van der Waals surface area (Å²) in [4.78, 5) is 8.94. The molecule has 7 aromatic rings. The molecule has 0 atom stereocenters. The average molecular weight is 773 g/mol. The van der Waals surface area contributed by atoms with Gasteiger partial charge in [0.05, 0.1) is 5.52 Å². The van der Waals surface area contributed by atoms with E-state index in [9.17, 15) is 0 Å². The van der Waals surface area contributed by atoms with Crippen molar-refractivity contribution in [1.82, 2.24) is 14.5 Å². The molecule has 222 valence electrons. The molecule has 0 radical (unpaired) electrons. The Morgan fingerprint density at radius 1 is 0.818 bits per heavy atom. The summed E-state index contributed by atoms with van der Waals surface area (Å²) in [6.07, 6.45) is 5.92. The third kappa shape index (κ3) is 4.77. The van der Waals surface area contributed by atoms with Gasteiger partial charge in [0.1, 0.15) is 5.82 Å². The number of pyridine rings is 1. The minimum atomic E-state index is -0.0174. The first-order chi connectivity index (χ1) is 20.8. The first-order valence-electron chi connectivity index (χ1n) is 14.3. The molecule has 0 bridgehead atoms. The molecule has 5 nitrogen and oxygen atoms in total. The summed E-state index contributed by atoms with van der Waals surface area (Å²) in [5.41, 5.74) is 4.19. The molecule has 1 aliphatic heterocycles. The van der Waals surface area contributed by atoms with Gasteiger partial charge in [-0.3, -0.25) is 0 Å². The van der Waals surface area contributed by atoms with Crippen molar-refractivity contribution in [3.05, 3.63) is 122 Å². The van der Waals surface area contributed by atoms with Crippen molar-refractivity contribution < 1.29 is 25.8 Å². The van der Waals surface area contributed by atoms with Gasteiger partial charge in [-0.2, -0.15) is 18.8 Å². The summed E-state index contributed by atoms with van der Waals surface area (Å²) in [6.45, 7) is 8.71. The van der Waals surface area contributed by atoms with Crippen molar-refractivity contribution in [2.75, 3.05) is 11.9 Å². The molecule has 0 amide bonds. The maximum atomic E-state index is 6.40. The standard InChI is InChI=1S/C37H29N4OS.Pt/c1-37(2,3)24-16-17-38-34(20-24)41-31-22-27(42-26-9-7-8-25(21-26)40-19-18-39(4)23-40)12-13-28(31)29-14-15-33-35(36(29)41)30-10-5-6-11-32(30)43-33;/h5-20,23H,1-4H3;/q-3;. The van der Waals surface area contributed by atoms with Crippen molar-refractivity contribution in [3.8, 4) is 17.3 Å². The number of rotatable bonds is 4. The fourth-order valence-corrected chi connectivity index (χ4v) is 6.98. The maximum Gasteiger partial charge on any atom is 0.135 e. The molecule has 0 saturated heterocycles. The summed E-state index contributed by atoms with van der Waals surface area (Å²) >= 11 is 1.83. The van der Waals surface area contributed by atoms with Crippen LogP contribution in [0.5, 0.6) is 11.5 Å². The van der Waals surface area contributed by atoms with E-state index in [1.165, 1.54) is 31.1 Å². The molecule has 44 heavy (non-hydrogen) atoms. The number of fused-ring (bicyclic) bond motifs is 7. The summed E-state index contributed by atoms with van der Waals surface area (Å²) in [7, 11) is 2.00. The fraction of sp³-hybridized carbons (Fsp3) is 0.135. The Morgan fingerprint density at radius 2 is 1.64 bits per heavy atom. The Kier molecular flexibility index (Phi) is 7.03. The fourth-order valence-electron chi connectivity index (χ4n) is 5.87. The van der Waals surface area contributed by atoms with E-state index in [-0.39, 0.29) is 26.5 Å². The molecule has 7 heteroatoms. The van der Waals surface area contributed by atoms with Crippen LogP contribution in [0.2, 0.25) is 0 Å². The quantitative estimate of drug-likeness (QED) is 0.167. The predicted octanol–water partition coefficient (Wildman–Crippen LogP) is 9.58. The van der Waals surface area contributed by atoms with Crippen molar-refractivity contribution in [2.45, 2.75) is 26.2 Å². The molecule has 4 aromatic carbocycles. The SMILES string of the molecule is CN1C=CN(c2[c-]c(Oc3[c-]c4c(cc3)c3ccc5sc6ccccc6c5c3n4-c3cc(C(C)(C)C)ccn3)ccc2)[CH-]1.[Pt]. The van der Waals surface area contributed by atoms with Crippen molar-refractivity contribution in [2.24, 2.45) is 0 Å². The third-order valence-electron chi connectivity index (χ3n) is 8.01. The zero-order chi connectivity index (χ0) is 29.3. The van der Waals surface area contributed by atoms with Gasteiger partial charge in [-0.25, -0.2) is 4.98 Å². The molecular weight excluding hydrogens is 744 g/mol. The van der Waals surface area contributed by atoms with Crippen LogP contribution < -0.4 is 9.64 Å². The number of hydrogen-bond donors (Lipinski definition) is 0. The number of benzene rings is 4. The van der Waals surface area contributed by atoms with Crippen LogP contribution in [0.3, 0.4) is 0 Å². The van der Waals surface area contributed by atoms with E-state index in [2.05, 4.69) is 92.1 Å².